The van der Waals surface area contributed by atoms with E-state index in [2.05, 4.69) is 10.6 Å². The van der Waals surface area contributed by atoms with Crippen LogP contribution < -0.4 is 16.4 Å². The van der Waals surface area contributed by atoms with E-state index in [0.717, 1.165) is 11.1 Å². The number of aryl methyl sites for hydroxylation is 1. The Bertz CT molecular complexity index is 611. The number of benzene rings is 2. The Balaban J connectivity index is 1.92. The van der Waals surface area contributed by atoms with Crippen molar-refractivity contribution in [3.05, 3.63) is 58.6 Å². The molecule has 4 nitrogen and oxygen atoms in total. The van der Waals surface area contributed by atoms with E-state index in [0.29, 0.717) is 22.9 Å². The molecule has 20 heavy (non-hydrogen) atoms. The first-order valence-corrected chi connectivity index (χ1v) is 6.58. The summed E-state index contributed by atoms with van der Waals surface area (Å²) in [6, 6.07) is 12.5. The Morgan fingerprint density at radius 2 is 1.90 bits per heavy atom. The Hall–Kier alpha value is -2.20. The summed E-state index contributed by atoms with van der Waals surface area (Å²) < 4.78 is 0. The number of nitrogens with one attached hydrogen (secondary N) is 2. The van der Waals surface area contributed by atoms with Crippen molar-refractivity contribution in [2.24, 2.45) is 0 Å². The number of nitrogen functional groups attached to an aromatic ring is 1. The van der Waals surface area contributed by atoms with Gasteiger partial charge in [-0.05, 0) is 42.3 Å². The molecule has 5 heteroatoms. The van der Waals surface area contributed by atoms with E-state index in [-0.39, 0.29) is 6.03 Å². The summed E-state index contributed by atoms with van der Waals surface area (Å²) >= 11 is 5.80. The van der Waals surface area contributed by atoms with Crippen LogP contribution in [0.15, 0.2) is 42.5 Å². The normalized spacial score (nSPS) is 10.1. The van der Waals surface area contributed by atoms with E-state index >= 15 is 0 Å². The summed E-state index contributed by atoms with van der Waals surface area (Å²) in [6.07, 6.45) is 0. The molecule has 0 atom stereocenters. The molecule has 0 aromatic heterocycles. The summed E-state index contributed by atoms with van der Waals surface area (Å²) in [7, 11) is 0. The van der Waals surface area contributed by atoms with E-state index in [1.54, 1.807) is 18.2 Å². The van der Waals surface area contributed by atoms with Crippen LogP contribution in [0.1, 0.15) is 11.1 Å². The summed E-state index contributed by atoms with van der Waals surface area (Å²) in [5, 5.41) is 6.17. The third-order valence-electron chi connectivity index (χ3n) is 2.82. The van der Waals surface area contributed by atoms with Gasteiger partial charge in [-0.3, -0.25) is 0 Å². The van der Waals surface area contributed by atoms with E-state index in [1.807, 2.05) is 31.2 Å². The van der Waals surface area contributed by atoms with Crippen LogP contribution in [0.4, 0.5) is 16.2 Å². The molecule has 0 fully saturated rings. The lowest BCUT2D eigenvalue weighted by atomic mass is 10.2. The molecule has 2 amide bonds. The van der Waals surface area contributed by atoms with Crippen LogP contribution in [-0.2, 0) is 6.54 Å². The van der Waals surface area contributed by atoms with Gasteiger partial charge in [-0.25, -0.2) is 4.79 Å². The molecule has 0 bridgehead atoms. The molecular formula is C15H16ClN3O. The van der Waals surface area contributed by atoms with Gasteiger partial charge in [0, 0.05) is 11.6 Å². The van der Waals surface area contributed by atoms with Crippen molar-refractivity contribution in [3.8, 4) is 0 Å². The lowest BCUT2D eigenvalue weighted by Gasteiger charge is -2.10. The average Bonchev–Trinajstić information content (AvgIpc) is 2.42. The zero-order valence-corrected chi connectivity index (χ0v) is 11.9. The molecule has 0 saturated carbocycles. The molecule has 0 aliphatic rings. The monoisotopic (exact) mass is 289 g/mol. The summed E-state index contributed by atoms with van der Waals surface area (Å²) in [4.78, 5) is 11.8. The van der Waals surface area contributed by atoms with Gasteiger partial charge in [-0.15, -0.1) is 0 Å². The van der Waals surface area contributed by atoms with Crippen LogP contribution in [-0.4, -0.2) is 6.03 Å². The van der Waals surface area contributed by atoms with Gasteiger partial charge >= 0.3 is 6.03 Å². The van der Waals surface area contributed by atoms with Crippen LogP contribution in [0.5, 0.6) is 0 Å². The second-order valence-corrected chi connectivity index (χ2v) is 4.96. The van der Waals surface area contributed by atoms with Crippen LogP contribution in [0, 0.1) is 6.92 Å². The highest BCUT2D eigenvalue weighted by Crippen LogP contribution is 2.19. The summed E-state index contributed by atoms with van der Waals surface area (Å²) in [5.74, 6) is 0. The summed E-state index contributed by atoms with van der Waals surface area (Å²) in [6.45, 7) is 2.37. The average molecular weight is 290 g/mol. The van der Waals surface area contributed by atoms with Crippen LogP contribution >= 0.6 is 11.6 Å². The van der Waals surface area contributed by atoms with Crippen LogP contribution in [0.3, 0.4) is 0 Å². The zero-order chi connectivity index (χ0) is 14.5. The number of hydrogen-bond donors (Lipinski definition) is 3. The minimum absolute atomic E-state index is 0.294. The molecule has 104 valence electrons. The smallest absolute Gasteiger partial charge is 0.319 e. The molecule has 0 aliphatic heterocycles. The van der Waals surface area contributed by atoms with E-state index in [4.69, 9.17) is 17.3 Å². The Morgan fingerprint density at radius 3 is 2.60 bits per heavy atom. The lowest BCUT2D eigenvalue weighted by molar-refractivity contribution is 0.252. The van der Waals surface area contributed by atoms with Crippen molar-refractivity contribution in [1.82, 2.24) is 5.32 Å². The number of carbonyl (C=O) groups is 1. The van der Waals surface area contributed by atoms with Gasteiger partial charge in [-0.2, -0.15) is 0 Å². The SMILES string of the molecule is Cc1ccc(N)c(NC(=O)NCc2ccc(Cl)cc2)c1. The predicted octanol–water partition coefficient (Wildman–Crippen LogP) is 3.55. The van der Waals surface area contributed by atoms with Crippen LogP contribution in [0.25, 0.3) is 0 Å². The van der Waals surface area contributed by atoms with Crippen molar-refractivity contribution in [1.29, 1.82) is 0 Å². The van der Waals surface area contributed by atoms with Gasteiger partial charge in [0.15, 0.2) is 0 Å². The van der Waals surface area contributed by atoms with Gasteiger partial charge < -0.3 is 16.4 Å². The fraction of sp³-hybridized carbons (Fsp3) is 0.133. The number of nitrogens with two attached hydrogens (primary N) is 1. The maximum absolute atomic E-state index is 11.8. The highest BCUT2D eigenvalue weighted by molar-refractivity contribution is 6.30. The molecule has 2 aromatic carbocycles. The fourth-order valence-electron chi connectivity index (χ4n) is 1.73. The number of urea groups is 1. The maximum atomic E-state index is 11.8. The second-order valence-electron chi connectivity index (χ2n) is 4.52. The number of carbonyl (C=O) groups excluding carboxylic acids is 1. The standard InChI is InChI=1S/C15H16ClN3O/c1-10-2-7-13(17)14(8-10)19-15(20)18-9-11-3-5-12(16)6-4-11/h2-8H,9,17H2,1H3,(H2,18,19,20). The van der Waals surface area contributed by atoms with Gasteiger partial charge in [0.2, 0.25) is 0 Å². The third-order valence-corrected chi connectivity index (χ3v) is 3.08. The minimum atomic E-state index is -0.294. The molecule has 0 saturated heterocycles. The largest absolute Gasteiger partial charge is 0.397 e. The van der Waals surface area contributed by atoms with Crippen molar-refractivity contribution in [3.63, 3.8) is 0 Å². The number of rotatable bonds is 3. The molecule has 0 heterocycles. The highest BCUT2D eigenvalue weighted by Gasteiger charge is 2.05. The van der Waals surface area contributed by atoms with Gasteiger partial charge in [-0.1, -0.05) is 29.8 Å². The van der Waals surface area contributed by atoms with E-state index in [9.17, 15) is 4.79 Å². The number of hydrogen-bond acceptors (Lipinski definition) is 2. The third kappa shape index (κ3) is 3.90. The molecule has 0 aliphatic carbocycles. The minimum Gasteiger partial charge on any atom is -0.397 e. The molecule has 0 spiro atoms. The second kappa shape index (κ2) is 6.30. The predicted molar refractivity (Wildman–Crippen MR) is 82.9 cm³/mol. The maximum Gasteiger partial charge on any atom is 0.319 e. The van der Waals surface area contributed by atoms with Crippen molar-refractivity contribution >= 4 is 29.0 Å². The molecule has 0 unspecified atom stereocenters. The Labute approximate surface area is 122 Å². The van der Waals surface area contributed by atoms with Gasteiger partial charge in [0.1, 0.15) is 0 Å². The number of anilines is 2. The molecule has 2 aromatic rings. The first-order valence-electron chi connectivity index (χ1n) is 6.20. The lowest BCUT2D eigenvalue weighted by Crippen LogP contribution is -2.28. The quantitative estimate of drug-likeness (QED) is 0.756. The van der Waals surface area contributed by atoms with E-state index < -0.39 is 0 Å². The van der Waals surface area contributed by atoms with Crippen molar-refractivity contribution < 1.29 is 4.79 Å². The zero-order valence-electron chi connectivity index (χ0n) is 11.1. The van der Waals surface area contributed by atoms with Gasteiger partial charge in [0.25, 0.3) is 0 Å². The first kappa shape index (κ1) is 14.2. The number of amides is 2. The molecule has 2 rings (SSSR count). The first-order chi connectivity index (χ1) is 9.54. The Kier molecular flexibility index (Phi) is 4.48. The number of halogens is 1. The highest BCUT2D eigenvalue weighted by atomic mass is 35.5. The Morgan fingerprint density at radius 1 is 1.20 bits per heavy atom. The van der Waals surface area contributed by atoms with Crippen LogP contribution in [0.2, 0.25) is 5.02 Å². The summed E-state index contributed by atoms with van der Waals surface area (Å²) in [5.41, 5.74) is 8.96. The van der Waals surface area contributed by atoms with Crippen molar-refractivity contribution in [2.45, 2.75) is 13.5 Å². The molecular weight excluding hydrogens is 274 g/mol. The van der Waals surface area contributed by atoms with Crippen molar-refractivity contribution in [2.75, 3.05) is 11.1 Å². The van der Waals surface area contributed by atoms with Gasteiger partial charge in [0.05, 0.1) is 11.4 Å². The molecule has 4 N–H and O–H groups in total. The van der Waals surface area contributed by atoms with E-state index in [1.165, 1.54) is 0 Å². The fourth-order valence-corrected chi connectivity index (χ4v) is 1.86. The molecule has 0 radical (unpaired) electrons. The topological polar surface area (TPSA) is 67.1 Å².